The van der Waals surface area contributed by atoms with E-state index in [4.69, 9.17) is 0 Å². The zero-order chi connectivity index (χ0) is 23.2. The van der Waals surface area contributed by atoms with Crippen molar-refractivity contribution in [3.05, 3.63) is 59.2 Å². The van der Waals surface area contributed by atoms with Crippen LogP contribution in [0.1, 0.15) is 34.3 Å². The second-order valence-corrected chi connectivity index (χ2v) is 7.09. The number of rotatable bonds is 8. The summed E-state index contributed by atoms with van der Waals surface area (Å²) in [5.74, 6) is -1.47. The molecule has 0 aliphatic carbocycles. The van der Waals surface area contributed by atoms with Gasteiger partial charge in [0.05, 0.1) is 6.54 Å². The molecule has 6 nitrogen and oxygen atoms in total. The fraction of sp³-hybridized carbons (Fsp3) is 0.318. The van der Waals surface area contributed by atoms with Crippen molar-refractivity contribution in [3.63, 3.8) is 0 Å². The van der Waals surface area contributed by atoms with Crippen molar-refractivity contribution in [2.24, 2.45) is 0 Å². The third kappa shape index (κ3) is 7.76. The Morgan fingerprint density at radius 1 is 0.968 bits per heavy atom. The summed E-state index contributed by atoms with van der Waals surface area (Å²) in [6.45, 7) is 3.58. The zero-order valence-corrected chi connectivity index (χ0v) is 17.4. The van der Waals surface area contributed by atoms with Crippen LogP contribution in [0.5, 0.6) is 5.75 Å². The standard InChI is InChI=1S/C22H23F3N2O4/c1-14-4-5-16(12-15(14)2)19(28)10-11-21(30)27(3)13-20(29)26-17-6-8-18(9-7-17)31-22(23,24)25/h4-9,12H,10-11,13H2,1-3H3,(H,26,29). The van der Waals surface area contributed by atoms with Gasteiger partial charge in [0.2, 0.25) is 11.8 Å². The number of likely N-dealkylation sites (N-methyl/N-ethyl adjacent to an activating group) is 1. The summed E-state index contributed by atoms with van der Waals surface area (Å²) >= 11 is 0. The average Bonchev–Trinajstić information content (AvgIpc) is 2.68. The molecule has 0 saturated heterocycles. The molecule has 0 atom stereocenters. The number of nitrogens with zero attached hydrogens (tertiary/aromatic N) is 1. The Morgan fingerprint density at radius 2 is 1.61 bits per heavy atom. The molecule has 0 aliphatic rings. The van der Waals surface area contributed by atoms with E-state index in [0.717, 1.165) is 23.3 Å². The number of ether oxygens (including phenoxy) is 1. The highest BCUT2D eigenvalue weighted by atomic mass is 19.4. The number of aryl methyl sites for hydroxylation is 2. The molecule has 2 aromatic carbocycles. The Kier molecular flexibility index (Phi) is 7.79. The molecule has 9 heteroatoms. The average molecular weight is 436 g/mol. The molecule has 0 unspecified atom stereocenters. The molecule has 0 spiro atoms. The maximum atomic E-state index is 12.3. The molecule has 0 fully saturated rings. The number of Topliss-reactive ketones (excluding diaryl/α,β-unsaturated/α-hetero) is 1. The van der Waals surface area contributed by atoms with Crippen molar-refractivity contribution in [1.82, 2.24) is 4.90 Å². The van der Waals surface area contributed by atoms with Gasteiger partial charge in [0.25, 0.3) is 0 Å². The molecule has 0 bridgehead atoms. The molecule has 0 aliphatic heterocycles. The predicted molar refractivity (Wildman–Crippen MR) is 109 cm³/mol. The van der Waals surface area contributed by atoms with E-state index in [1.165, 1.54) is 24.1 Å². The van der Waals surface area contributed by atoms with E-state index in [-0.39, 0.29) is 36.8 Å². The fourth-order valence-corrected chi connectivity index (χ4v) is 2.71. The van der Waals surface area contributed by atoms with E-state index in [1.54, 1.807) is 12.1 Å². The largest absolute Gasteiger partial charge is 0.573 e. The number of benzene rings is 2. The van der Waals surface area contributed by atoms with Gasteiger partial charge < -0.3 is 15.0 Å². The highest BCUT2D eigenvalue weighted by Crippen LogP contribution is 2.24. The first-order valence-corrected chi connectivity index (χ1v) is 9.44. The van der Waals surface area contributed by atoms with Gasteiger partial charge in [-0.2, -0.15) is 0 Å². The Balaban J connectivity index is 1.81. The summed E-state index contributed by atoms with van der Waals surface area (Å²) in [5, 5.41) is 2.48. The Labute approximate surface area is 178 Å². The SMILES string of the molecule is Cc1ccc(C(=O)CCC(=O)N(C)CC(=O)Nc2ccc(OC(F)(F)F)cc2)cc1C. The minimum absolute atomic E-state index is 0.0218. The van der Waals surface area contributed by atoms with Gasteiger partial charge in [-0.05, 0) is 55.3 Å². The number of amides is 2. The summed E-state index contributed by atoms with van der Waals surface area (Å²) < 4.78 is 40.2. The second-order valence-electron chi connectivity index (χ2n) is 7.09. The molecule has 2 aromatic rings. The number of alkyl halides is 3. The molecule has 0 aromatic heterocycles. The van der Waals surface area contributed by atoms with Crippen molar-refractivity contribution in [2.75, 3.05) is 18.9 Å². The van der Waals surface area contributed by atoms with Crippen molar-refractivity contribution >= 4 is 23.3 Å². The van der Waals surface area contributed by atoms with Gasteiger partial charge in [0.1, 0.15) is 5.75 Å². The van der Waals surface area contributed by atoms with E-state index >= 15 is 0 Å². The van der Waals surface area contributed by atoms with Crippen molar-refractivity contribution in [3.8, 4) is 5.75 Å². The number of ketones is 1. The topological polar surface area (TPSA) is 75.7 Å². The third-order valence-corrected chi connectivity index (χ3v) is 4.57. The van der Waals surface area contributed by atoms with Crippen LogP contribution in [0.2, 0.25) is 0 Å². The molecule has 0 radical (unpaired) electrons. The van der Waals surface area contributed by atoms with E-state index < -0.39 is 18.0 Å². The van der Waals surface area contributed by atoms with Crippen molar-refractivity contribution in [1.29, 1.82) is 0 Å². The summed E-state index contributed by atoms with van der Waals surface area (Å²) in [4.78, 5) is 37.8. The van der Waals surface area contributed by atoms with Gasteiger partial charge in [0, 0.05) is 31.1 Å². The van der Waals surface area contributed by atoms with Crippen LogP contribution in [0.4, 0.5) is 18.9 Å². The molecule has 0 saturated carbocycles. The van der Waals surface area contributed by atoms with Crippen LogP contribution in [-0.2, 0) is 9.59 Å². The van der Waals surface area contributed by atoms with Crippen LogP contribution in [-0.4, -0.2) is 42.5 Å². The normalized spacial score (nSPS) is 11.0. The lowest BCUT2D eigenvalue weighted by molar-refractivity contribution is -0.274. The first-order chi connectivity index (χ1) is 14.4. The number of carbonyl (C=O) groups is 3. The van der Waals surface area contributed by atoms with Gasteiger partial charge in [0.15, 0.2) is 5.78 Å². The highest BCUT2D eigenvalue weighted by Gasteiger charge is 2.31. The maximum Gasteiger partial charge on any atom is 0.573 e. The number of hydrogen-bond acceptors (Lipinski definition) is 4. The van der Waals surface area contributed by atoms with Crippen LogP contribution in [0, 0.1) is 13.8 Å². The number of hydrogen-bond donors (Lipinski definition) is 1. The highest BCUT2D eigenvalue weighted by molar-refractivity contribution is 5.99. The monoisotopic (exact) mass is 436 g/mol. The number of halogens is 3. The van der Waals surface area contributed by atoms with Crippen molar-refractivity contribution in [2.45, 2.75) is 33.1 Å². The van der Waals surface area contributed by atoms with Crippen molar-refractivity contribution < 1.29 is 32.3 Å². The zero-order valence-electron chi connectivity index (χ0n) is 17.4. The number of nitrogens with one attached hydrogen (secondary N) is 1. The lowest BCUT2D eigenvalue weighted by Gasteiger charge is -2.17. The first kappa shape index (κ1) is 23.9. The Bertz CT molecular complexity index is 956. The lowest BCUT2D eigenvalue weighted by Crippen LogP contribution is -2.35. The molecule has 31 heavy (non-hydrogen) atoms. The molecule has 2 rings (SSSR count). The molecular formula is C22H23F3N2O4. The molecule has 166 valence electrons. The molecular weight excluding hydrogens is 413 g/mol. The van der Waals surface area contributed by atoms with Crippen LogP contribution >= 0.6 is 0 Å². The first-order valence-electron chi connectivity index (χ1n) is 9.44. The summed E-state index contributed by atoms with van der Waals surface area (Å²) in [6, 6.07) is 9.99. The summed E-state index contributed by atoms with van der Waals surface area (Å²) in [7, 11) is 1.43. The maximum absolute atomic E-state index is 12.3. The van der Waals surface area contributed by atoms with Crippen LogP contribution in [0.25, 0.3) is 0 Å². The van der Waals surface area contributed by atoms with Crippen LogP contribution in [0.15, 0.2) is 42.5 Å². The minimum atomic E-state index is -4.80. The van der Waals surface area contributed by atoms with Gasteiger partial charge in [-0.1, -0.05) is 12.1 Å². The quantitative estimate of drug-likeness (QED) is 0.628. The van der Waals surface area contributed by atoms with Crippen LogP contribution < -0.4 is 10.1 Å². The van der Waals surface area contributed by atoms with E-state index in [0.29, 0.717) is 5.56 Å². The van der Waals surface area contributed by atoms with Crippen LogP contribution in [0.3, 0.4) is 0 Å². The molecule has 1 N–H and O–H groups in total. The van der Waals surface area contributed by atoms with Gasteiger partial charge >= 0.3 is 6.36 Å². The van der Waals surface area contributed by atoms with Gasteiger partial charge in [-0.25, -0.2) is 0 Å². The molecule has 2 amide bonds. The lowest BCUT2D eigenvalue weighted by atomic mass is 10.0. The fourth-order valence-electron chi connectivity index (χ4n) is 2.71. The summed E-state index contributed by atoms with van der Waals surface area (Å²) in [5.41, 5.74) is 2.85. The number of anilines is 1. The van der Waals surface area contributed by atoms with E-state index in [2.05, 4.69) is 10.1 Å². The second kappa shape index (κ2) is 10.1. The third-order valence-electron chi connectivity index (χ3n) is 4.57. The van der Waals surface area contributed by atoms with Gasteiger partial charge in [-0.3, -0.25) is 14.4 Å². The van der Waals surface area contributed by atoms with Gasteiger partial charge in [-0.15, -0.1) is 13.2 Å². The summed E-state index contributed by atoms with van der Waals surface area (Å²) in [6.07, 6.45) is -4.82. The molecule has 0 heterocycles. The minimum Gasteiger partial charge on any atom is -0.406 e. The van der Waals surface area contributed by atoms with E-state index in [9.17, 15) is 27.6 Å². The number of carbonyl (C=O) groups excluding carboxylic acids is 3. The van der Waals surface area contributed by atoms with E-state index in [1.807, 2.05) is 19.9 Å². The smallest absolute Gasteiger partial charge is 0.406 e. The Morgan fingerprint density at radius 3 is 2.19 bits per heavy atom. The predicted octanol–water partition coefficient (Wildman–Crippen LogP) is 4.26. The Hall–Kier alpha value is -3.36.